The molecule has 2 aromatic carbocycles. The van der Waals surface area contributed by atoms with Gasteiger partial charge in [0.25, 0.3) is 5.91 Å². The molecule has 32 heavy (non-hydrogen) atoms. The van der Waals surface area contributed by atoms with E-state index < -0.39 is 0 Å². The predicted octanol–water partition coefficient (Wildman–Crippen LogP) is 4.78. The van der Waals surface area contributed by atoms with E-state index in [2.05, 4.69) is 32.1 Å². The Labute approximate surface area is 186 Å². The van der Waals surface area contributed by atoms with Crippen molar-refractivity contribution in [2.75, 3.05) is 5.32 Å². The molecule has 0 saturated heterocycles. The highest BCUT2D eigenvalue weighted by molar-refractivity contribution is 6.06. The number of carbonyl (C=O) groups excluding carboxylic acids is 1. The fraction of sp³-hybridized carbons (Fsp3) is 0.115. The van der Waals surface area contributed by atoms with Gasteiger partial charge in [0.2, 0.25) is 0 Å². The van der Waals surface area contributed by atoms with Crippen molar-refractivity contribution in [3.63, 3.8) is 0 Å². The van der Waals surface area contributed by atoms with Crippen LogP contribution in [0.5, 0.6) is 0 Å². The summed E-state index contributed by atoms with van der Waals surface area (Å²) in [5, 5.41) is 8.52. The monoisotopic (exact) mass is 421 g/mol. The molecule has 1 amide bonds. The number of para-hydroxylation sites is 1. The molecule has 6 nitrogen and oxygen atoms in total. The van der Waals surface area contributed by atoms with Gasteiger partial charge in [0, 0.05) is 48.6 Å². The fourth-order valence-corrected chi connectivity index (χ4v) is 3.86. The minimum absolute atomic E-state index is 0.170. The van der Waals surface area contributed by atoms with E-state index in [0.717, 1.165) is 29.4 Å². The molecule has 6 heteroatoms. The summed E-state index contributed by atoms with van der Waals surface area (Å²) in [6.07, 6.45) is 6.32. The zero-order valence-electron chi connectivity index (χ0n) is 17.6. The third kappa shape index (κ3) is 4.30. The normalized spacial score (nSPS) is 11.0. The van der Waals surface area contributed by atoms with Crippen molar-refractivity contribution in [2.45, 2.75) is 19.5 Å². The van der Waals surface area contributed by atoms with Crippen LogP contribution in [-0.4, -0.2) is 25.2 Å². The number of pyridine rings is 1. The molecular weight excluding hydrogens is 398 g/mol. The summed E-state index contributed by atoms with van der Waals surface area (Å²) < 4.78 is 3.90. The summed E-state index contributed by atoms with van der Waals surface area (Å²) in [6, 6.07) is 26.0. The van der Waals surface area contributed by atoms with Crippen molar-refractivity contribution in [3.05, 3.63) is 114 Å². The lowest BCUT2D eigenvalue weighted by atomic mass is 10.2. The average Bonchev–Trinajstić information content (AvgIpc) is 3.44. The van der Waals surface area contributed by atoms with Crippen LogP contribution in [0, 0.1) is 0 Å². The lowest BCUT2D eigenvalue weighted by Crippen LogP contribution is -2.18. The number of aryl methyl sites for hydroxylation is 2. The van der Waals surface area contributed by atoms with E-state index in [9.17, 15) is 4.79 Å². The van der Waals surface area contributed by atoms with Gasteiger partial charge in [-0.3, -0.25) is 14.5 Å². The van der Waals surface area contributed by atoms with Gasteiger partial charge >= 0.3 is 0 Å². The number of amides is 1. The van der Waals surface area contributed by atoms with E-state index >= 15 is 0 Å². The van der Waals surface area contributed by atoms with Gasteiger partial charge in [-0.15, -0.1) is 0 Å². The highest BCUT2D eigenvalue weighted by Crippen LogP contribution is 2.22. The summed E-state index contributed by atoms with van der Waals surface area (Å²) in [5.41, 5.74) is 3.99. The molecule has 0 aliphatic heterocycles. The van der Waals surface area contributed by atoms with Gasteiger partial charge in [0.15, 0.2) is 5.82 Å². The Balaban J connectivity index is 1.35. The standard InChI is InChI=1S/C26H23N5O/c32-26(28-25-13-17-30(29-25)16-12-20-10-14-27-15-11-20)24-18-22-8-4-5-9-23(22)31(24)19-21-6-2-1-3-7-21/h1-11,13-15,17-18H,12,16,19H2,(H,28,29,32). The third-order valence-electron chi connectivity index (χ3n) is 5.49. The second-order valence-electron chi connectivity index (χ2n) is 7.68. The molecule has 0 fully saturated rings. The minimum atomic E-state index is -0.170. The Morgan fingerprint density at radius 1 is 0.875 bits per heavy atom. The van der Waals surface area contributed by atoms with Crippen LogP contribution in [0.25, 0.3) is 10.9 Å². The largest absolute Gasteiger partial charge is 0.332 e. The number of rotatable bonds is 7. The second-order valence-corrected chi connectivity index (χ2v) is 7.68. The molecule has 0 bridgehead atoms. The fourth-order valence-electron chi connectivity index (χ4n) is 3.86. The smallest absolute Gasteiger partial charge is 0.273 e. The van der Waals surface area contributed by atoms with Crippen LogP contribution in [0.2, 0.25) is 0 Å². The molecule has 5 rings (SSSR count). The quantitative estimate of drug-likeness (QED) is 0.411. The van der Waals surface area contributed by atoms with Crippen LogP contribution in [0.1, 0.15) is 21.6 Å². The highest BCUT2D eigenvalue weighted by Gasteiger charge is 2.17. The number of aromatic nitrogens is 4. The molecule has 158 valence electrons. The molecule has 0 aliphatic carbocycles. The molecule has 0 atom stereocenters. The summed E-state index contributed by atoms with van der Waals surface area (Å²) in [5.74, 6) is 0.373. The maximum atomic E-state index is 13.2. The number of anilines is 1. The van der Waals surface area contributed by atoms with E-state index in [1.807, 2.05) is 77.6 Å². The van der Waals surface area contributed by atoms with Crippen molar-refractivity contribution >= 4 is 22.6 Å². The van der Waals surface area contributed by atoms with Crippen LogP contribution in [0.3, 0.4) is 0 Å². The van der Waals surface area contributed by atoms with Crippen molar-refractivity contribution in [3.8, 4) is 0 Å². The first-order chi connectivity index (χ1) is 15.8. The zero-order chi connectivity index (χ0) is 21.8. The molecular formula is C26H23N5O. The minimum Gasteiger partial charge on any atom is -0.332 e. The Kier molecular flexibility index (Phi) is 5.49. The number of hydrogen-bond acceptors (Lipinski definition) is 3. The Bertz CT molecular complexity index is 1340. The van der Waals surface area contributed by atoms with E-state index in [1.54, 1.807) is 12.4 Å². The topological polar surface area (TPSA) is 64.7 Å². The van der Waals surface area contributed by atoms with Gasteiger partial charge in [0.05, 0.1) is 0 Å². The van der Waals surface area contributed by atoms with Crippen LogP contribution >= 0.6 is 0 Å². The maximum absolute atomic E-state index is 13.2. The second kappa shape index (κ2) is 8.89. The van der Waals surface area contributed by atoms with Crippen LogP contribution in [0.4, 0.5) is 5.82 Å². The average molecular weight is 422 g/mol. The predicted molar refractivity (Wildman–Crippen MR) is 126 cm³/mol. The van der Waals surface area contributed by atoms with Crippen molar-refractivity contribution in [2.24, 2.45) is 0 Å². The van der Waals surface area contributed by atoms with E-state index in [4.69, 9.17) is 0 Å². The number of nitrogens with zero attached hydrogens (tertiary/aromatic N) is 4. The van der Waals surface area contributed by atoms with Crippen LogP contribution in [0.15, 0.2) is 97.5 Å². The number of fused-ring (bicyclic) bond motifs is 1. The molecule has 0 saturated carbocycles. The molecule has 5 aromatic rings. The number of benzene rings is 2. The van der Waals surface area contributed by atoms with Crippen molar-refractivity contribution in [1.29, 1.82) is 0 Å². The molecule has 0 radical (unpaired) electrons. The highest BCUT2D eigenvalue weighted by atomic mass is 16.2. The first-order valence-electron chi connectivity index (χ1n) is 10.6. The van der Waals surface area contributed by atoms with Crippen molar-refractivity contribution < 1.29 is 4.79 Å². The Morgan fingerprint density at radius 3 is 2.50 bits per heavy atom. The lowest BCUT2D eigenvalue weighted by Gasteiger charge is -2.11. The van der Waals surface area contributed by atoms with Gasteiger partial charge in [-0.1, -0.05) is 48.5 Å². The van der Waals surface area contributed by atoms with Gasteiger partial charge in [-0.05, 0) is 41.8 Å². The molecule has 0 unspecified atom stereocenters. The first kappa shape index (κ1) is 19.8. The van der Waals surface area contributed by atoms with E-state index in [1.165, 1.54) is 5.56 Å². The molecule has 3 heterocycles. The van der Waals surface area contributed by atoms with Gasteiger partial charge in [-0.2, -0.15) is 5.10 Å². The number of carbonyl (C=O) groups is 1. The van der Waals surface area contributed by atoms with Crippen molar-refractivity contribution in [1.82, 2.24) is 19.3 Å². The summed E-state index contributed by atoms with van der Waals surface area (Å²) in [7, 11) is 0. The van der Waals surface area contributed by atoms with Crippen LogP contribution in [-0.2, 0) is 19.5 Å². The summed E-state index contributed by atoms with van der Waals surface area (Å²) >= 11 is 0. The van der Waals surface area contributed by atoms with Crippen LogP contribution < -0.4 is 5.32 Å². The number of nitrogens with one attached hydrogen (secondary N) is 1. The van der Waals surface area contributed by atoms with Gasteiger partial charge < -0.3 is 9.88 Å². The van der Waals surface area contributed by atoms with E-state index in [0.29, 0.717) is 18.1 Å². The zero-order valence-corrected chi connectivity index (χ0v) is 17.6. The molecule has 0 spiro atoms. The third-order valence-corrected chi connectivity index (χ3v) is 5.49. The summed E-state index contributed by atoms with van der Waals surface area (Å²) in [4.78, 5) is 17.2. The summed E-state index contributed by atoms with van der Waals surface area (Å²) in [6.45, 7) is 1.35. The lowest BCUT2D eigenvalue weighted by molar-refractivity contribution is 0.101. The molecule has 3 aromatic heterocycles. The Hall–Kier alpha value is -4.19. The number of hydrogen-bond donors (Lipinski definition) is 1. The van der Waals surface area contributed by atoms with Gasteiger partial charge in [-0.25, -0.2) is 0 Å². The maximum Gasteiger partial charge on any atom is 0.273 e. The SMILES string of the molecule is O=C(Nc1ccn(CCc2ccncc2)n1)c1cc2ccccc2n1Cc1ccccc1. The van der Waals surface area contributed by atoms with E-state index in [-0.39, 0.29) is 5.91 Å². The Morgan fingerprint density at radius 2 is 1.66 bits per heavy atom. The molecule has 0 aliphatic rings. The molecule has 1 N–H and O–H groups in total. The first-order valence-corrected chi connectivity index (χ1v) is 10.6. The van der Waals surface area contributed by atoms with Gasteiger partial charge in [0.1, 0.15) is 5.69 Å².